The molecular formula is C10H10N2O2S. The van der Waals surface area contributed by atoms with Crippen molar-refractivity contribution >= 4 is 20.9 Å². The van der Waals surface area contributed by atoms with Crippen molar-refractivity contribution in [3.05, 3.63) is 36.0 Å². The summed E-state index contributed by atoms with van der Waals surface area (Å²) in [6.07, 6.45) is 1.55. The summed E-state index contributed by atoms with van der Waals surface area (Å²) in [5, 5.41) is 5.93. The van der Waals surface area contributed by atoms with Gasteiger partial charge >= 0.3 is 0 Å². The number of sulfonamides is 1. The molecule has 4 nitrogen and oxygen atoms in total. The first-order chi connectivity index (χ1) is 7.00. The van der Waals surface area contributed by atoms with Crippen LogP contribution >= 0.6 is 0 Å². The Morgan fingerprint density at radius 3 is 2.67 bits per heavy atom. The molecule has 2 rings (SSSR count). The Morgan fingerprint density at radius 2 is 2.00 bits per heavy atom. The molecule has 0 saturated carbocycles. The van der Waals surface area contributed by atoms with Gasteiger partial charge in [0.05, 0.1) is 5.52 Å². The monoisotopic (exact) mass is 222 g/mol. The molecule has 0 radical (unpaired) electrons. The molecule has 1 aromatic heterocycles. The van der Waals surface area contributed by atoms with Crippen molar-refractivity contribution in [3.8, 4) is 0 Å². The summed E-state index contributed by atoms with van der Waals surface area (Å²) in [6, 6.07) is 7.11. The van der Waals surface area contributed by atoms with Crippen molar-refractivity contribution in [2.75, 3.05) is 0 Å². The molecule has 0 spiro atoms. The SMILES string of the molecule is Cc1ccc2cccnc2c1S(N)(=O)=O. The Morgan fingerprint density at radius 1 is 1.27 bits per heavy atom. The summed E-state index contributed by atoms with van der Waals surface area (Å²) >= 11 is 0. The number of pyridine rings is 1. The molecule has 0 saturated heterocycles. The minimum absolute atomic E-state index is 0.112. The molecule has 0 aliphatic rings. The van der Waals surface area contributed by atoms with E-state index in [4.69, 9.17) is 5.14 Å². The number of primary sulfonamides is 1. The zero-order chi connectivity index (χ0) is 11.1. The smallest absolute Gasteiger partial charge is 0.240 e. The average molecular weight is 222 g/mol. The summed E-state index contributed by atoms with van der Waals surface area (Å²) in [6.45, 7) is 1.70. The Hall–Kier alpha value is -1.46. The van der Waals surface area contributed by atoms with Gasteiger partial charge in [0, 0.05) is 11.6 Å². The number of aromatic nitrogens is 1. The molecule has 0 amide bonds. The second-order valence-corrected chi connectivity index (χ2v) is 4.83. The van der Waals surface area contributed by atoms with Crippen LogP contribution in [-0.4, -0.2) is 13.4 Å². The van der Waals surface area contributed by atoms with Gasteiger partial charge in [-0.25, -0.2) is 13.6 Å². The van der Waals surface area contributed by atoms with E-state index in [9.17, 15) is 8.42 Å². The van der Waals surface area contributed by atoms with Gasteiger partial charge in [-0.05, 0) is 18.6 Å². The molecule has 78 valence electrons. The van der Waals surface area contributed by atoms with Crippen molar-refractivity contribution in [1.29, 1.82) is 0 Å². The molecule has 0 fully saturated rings. The van der Waals surface area contributed by atoms with Crippen molar-refractivity contribution < 1.29 is 8.42 Å². The van der Waals surface area contributed by atoms with Crippen LogP contribution in [0.4, 0.5) is 0 Å². The molecule has 0 aliphatic heterocycles. The van der Waals surface area contributed by atoms with Crippen LogP contribution in [0.5, 0.6) is 0 Å². The Balaban J connectivity index is 2.99. The number of nitrogens with two attached hydrogens (primary N) is 1. The first kappa shape index (κ1) is 10.1. The number of benzene rings is 1. The third kappa shape index (κ3) is 1.71. The molecule has 2 N–H and O–H groups in total. The predicted octanol–water partition coefficient (Wildman–Crippen LogP) is 1.19. The lowest BCUT2D eigenvalue weighted by molar-refractivity contribution is 0.598. The molecule has 1 aromatic carbocycles. The summed E-state index contributed by atoms with van der Waals surface area (Å²) in [7, 11) is -3.72. The number of rotatable bonds is 1. The van der Waals surface area contributed by atoms with Crippen molar-refractivity contribution in [3.63, 3.8) is 0 Å². The van der Waals surface area contributed by atoms with Crippen LogP contribution in [0.1, 0.15) is 5.56 Å². The van der Waals surface area contributed by atoms with Gasteiger partial charge in [0.2, 0.25) is 10.0 Å². The highest BCUT2D eigenvalue weighted by Gasteiger charge is 2.16. The van der Waals surface area contributed by atoms with Gasteiger partial charge < -0.3 is 0 Å². The summed E-state index contributed by atoms with van der Waals surface area (Å²) in [5.41, 5.74) is 1.05. The van der Waals surface area contributed by atoms with Crippen LogP contribution < -0.4 is 5.14 Å². The van der Waals surface area contributed by atoms with Crippen LogP contribution in [0, 0.1) is 6.92 Å². The maximum atomic E-state index is 11.4. The maximum absolute atomic E-state index is 11.4. The van der Waals surface area contributed by atoms with E-state index in [1.807, 2.05) is 6.07 Å². The highest BCUT2D eigenvalue weighted by atomic mass is 32.2. The molecule has 0 unspecified atom stereocenters. The predicted molar refractivity (Wildman–Crippen MR) is 57.9 cm³/mol. The van der Waals surface area contributed by atoms with E-state index in [-0.39, 0.29) is 4.90 Å². The minimum atomic E-state index is -3.72. The number of fused-ring (bicyclic) bond motifs is 1. The lowest BCUT2D eigenvalue weighted by atomic mass is 10.1. The highest BCUT2D eigenvalue weighted by molar-refractivity contribution is 7.89. The molecular weight excluding hydrogens is 212 g/mol. The largest absolute Gasteiger partial charge is 0.255 e. The van der Waals surface area contributed by atoms with Crippen LogP contribution in [0.15, 0.2) is 35.4 Å². The normalized spacial score (nSPS) is 11.9. The Bertz CT molecular complexity index is 620. The zero-order valence-electron chi connectivity index (χ0n) is 8.14. The first-order valence-electron chi connectivity index (χ1n) is 4.37. The topological polar surface area (TPSA) is 73.0 Å². The van der Waals surface area contributed by atoms with E-state index in [1.165, 1.54) is 0 Å². The van der Waals surface area contributed by atoms with Crippen LogP contribution in [-0.2, 0) is 10.0 Å². The number of nitrogens with zero attached hydrogens (tertiary/aromatic N) is 1. The fraction of sp³-hybridized carbons (Fsp3) is 0.100. The van der Waals surface area contributed by atoms with E-state index in [0.717, 1.165) is 5.39 Å². The summed E-state index contributed by atoms with van der Waals surface area (Å²) in [5.74, 6) is 0. The molecule has 2 aromatic rings. The Labute approximate surface area is 87.8 Å². The van der Waals surface area contributed by atoms with Crippen molar-refractivity contribution in [2.24, 2.45) is 5.14 Å². The molecule has 0 bridgehead atoms. The van der Waals surface area contributed by atoms with E-state index >= 15 is 0 Å². The quantitative estimate of drug-likeness (QED) is 0.787. The van der Waals surface area contributed by atoms with Crippen LogP contribution in [0.2, 0.25) is 0 Å². The van der Waals surface area contributed by atoms with Gasteiger partial charge in [-0.3, -0.25) is 4.98 Å². The lowest BCUT2D eigenvalue weighted by Gasteiger charge is -2.06. The van der Waals surface area contributed by atoms with E-state index in [1.54, 1.807) is 31.3 Å². The fourth-order valence-electron chi connectivity index (χ4n) is 1.58. The van der Waals surface area contributed by atoms with Crippen LogP contribution in [0.25, 0.3) is 10.9 Å². The molecule has 0 aliphatic carbocycles. The third-order valence-corrected chi connectivity index (χ3v) is 3.29. The average Bonchev–Trinajstić information content (AvgIpc) is 2.15. The van der Waals surface area contributed by atoms with Gasteiger partial charge in [0.25, 0.3) is 0 Å². The second-order valence-electron chi connectivity index (χ2n) is 3.33. The van der Waals surface area contributed by atoms with Gasteiger partial charge in [0.15, 0.2) is 0 Å². The maximum Gasteiger partial charge on any atom is 0.240 e. The number of aryl methyl sites for hydroxylation is 1. The van der Waals surface area contributed by atoms with Gasteiger partial charge in [-0.2, -0.15) is 0 Å². The summed E-state index contributed by atoms with van der Waals surface area (Å²) in [4.78, 5) is 4.16. The van der Waals surface area contributed by atoms with Crippen molar-refractivity contribution in [2.45, 2.75) is 11.8 Å². The van der Waals surface area contributed by atoms with Crippen LogP contribution in [0.3, 0.4) is 0 Å². The molecule has 1 heterocycles. The number of hydrogen-bond acceptors (Lipinski definition) is 3. The Kier molecular flexibility index (Phi) is 2.21. The number of hydrogen-bond donors (Lipinski definition) is 1. The first-order valence-corrected chi connectivity index (χ1v) is 5.92. The van der Waals surface area contributed by atoms with E-state index < -0.39 is 10.0 Å². The van der Waals surface area contributed by atoms with Crippen molar-refractivity contribution in [1.82, 2.24) is 4.98 Å². The summed E-state index contributed by atoms with van der Waals surface area (Å²) < 4.78 is 22.8. The van der Waals surface area contributed by atoms with Gasteiger partial charge in [-0.15, -0.1) is 0 Å². The molecule has 5 heteroatoms. The molecule has 0 atom stereocenters. The fourth-order valence-corrected chi connectivity index (χ4v) is 2.54. The molecule has 15 heavy (non-hydrogen) atoms. The van der Waals surface area contributed by atoms with E-state index in [2.05, 4.69) is 4.98 Å². The third-order valence-electron chi connectivity index (χ3n) is 2.21. The minimum Gasteiger partial charge on any atom is -0.255 e. The highest BCUT2D eigenvalue weighted by Crippen LogP contribution is 2.23. The van der Waals surface area contributed by atoms with Gasteiger partial charge in [-0.1, -0.05) is 18.2 Å². The second kappa shape index (κ2) is 3.29. The van der Waals surface area contributed by atoms with Gasteiger partial charge in [0.1, 0.15) is 4.90 Å². The van der Waals surface area contributed by atoms with E-state index in [0.29, 0.717) is 11.1 Å². The zero-order valence-corrected chi connectivity index (χ0v) is 8.95. The standard InChI is InChI=1S/C10H10N2O2S/c1-7-4-5-8-3-2-6-12-9(8)10(7)15(11,13)14/h2-6H,1H3,(H2,11,13,14). The lowest BCUT2D eigenvalue weighted by Crippen LogP contribution is -2.14.